The van der Waals surface area contributed by atoms with Crippen molar-refractivity contribution >= 4 is 27.5 Å². The van der Waals surface area contributed by atoms with Crippen LogP contribution in [0.5, 0.6) is 5.75 Å². The van der Waals surface area contributed by atoms with Gasteiger partial charge in [-0.25, -0.2) is 0 Å². The zero-order valence-corrected chi connectivity index (χ0v) is 13.8. The molecule has 2 rings (SSSR count). The Morgan fingerprint density at radius 3 is 2.75 bits per heavy atom. The minimum Gasteiger partial charge on any atom is -0.496 e. The molecule has 0 radical (unpaired) electrons. The van der Waals surface area contributed by atoms with Crippen molar-refractivity contribution in [2.75, 3.05) is 7.11 Å². The van der Waals surface area contributed by atoms with Gasteiger partial charge in [0.15, 0.2) is 0 Å². The predicted molar refractivity (Wildman–Crippen MR) is 87.4 cm³/mol. The zero-order chi connectivity index (χ0) is 14.5. The van der Waals surface area contributed by atoms with Crippen LogP contribution in [0, 0.1) is 0 Å². The molecule has 0 aliphatic carbocycles. The number of hydrogen-bond donors (Lipinski definition) is 1. The largest absolute Gasteiger partial charge is 0.496 e. The van der Waals surface area contributed by atoms with Gasteiger partial charge >= 0.3 is 0 Å². The lowest BCUT2D eigenvalue weighted by atomic mass is 10.1. The van der Waals surface area contributed by atoms with Crippen LogP contribution in [0.15, 0.2) is 46.9 Å². The summed E-state index contributed by atoms with van der Waals surface area (Å²) in [5.74, 6) is 0.850. The summed E-state index contributed by atoms with van der Waals surface area (Å²) < 4.78 is 6.44. The minimum absolute atomic E-state index is 0.246. The Bertz CT molecular complexity index is 588. The van der Waals surface area contributed by atoms with E-state index in [1.165, 1.54) is 5.56 Å². The Hall–Kier alpha value is -1.03. The highest BCUT2D eigenvalue weighted by Crippen LogP contribution is 2.24. The quantitative estimate of drug-likeness (QED) is 0.819. The topological polar surface area (TPSA) is 21.3 Å². The van der Waals surface area contributed by atoms with Gasteiger partial charge < -0.3 is 10.1 Å². The van der Waals surface area contributed by atoms with E-state index in [0.29, 0.717) is 6.54 Å². The van der Waals surface area contributed by atoms with Gasteiger partial charge in [-0.3, -0.25) is 0 Å². The molecule has 2 aromatic rings. The first kappa shape index (κ1) is 15.4. The molecule has 0 heterocycles. The van der Waals surface area contributed by atoms with Crippen molar-refractivity contribution in [1.82, 2.24) is 5.32 Å². The first-order chi connectivity index (χ1) is 9.60. The van der Waals surface area contributed by atoms with Gasteiger partial charge in [-0.15, -0.1) is 0 Å². The molecule has 0 spiro atoms. The fourth-order valence-electron chi connectivity index (χ4n) is 2.04. The van der Waals surface area contributed by atoms with E-state index in [2.05, 4.69) is 40.3 Å². The maximum atomic E-state index is 6.04. The van der Waals surface area contributed by atoms with Gasteiger partial charge in [0.1, 0.15) is 5.75 Å². The molecule has 0 aliphatic heterocycles. The third-order valence-electron chi connectivity index (χ3n) is 3.19. The third kappa shape index (κ3) is 3.98. The summed E-state index contributed by atoms with van der Waals surface area (Å²) in [4.78, 5) is 0. The molecule has 20 heavy (non-hydrogen) atoms. The lowest BCUT2D eigenvalue weighted by Crippen LogP contribution is -2.18. The molecule has 1 unspecified atom stereocenters. The van der Waals surface area contributed by atoms with Crippen LogP contribution >= 0.6 is 27.5 Å². The Labute approximate surface area is 133 Å². The highest BCUT2D eigenvalue weighted by atomic mass is 79.9. The van der Waals surface area contributed by atoms with Crippen molar-refractivity contribution in [2.24, 2.45) is 0 Å². The summed E-state index contributed by atoms with van der Waals surface area (Å²) in [5, 5.41) is 4.20. The van der Waals surface area contributed by atoms with Gasteiger partial charge in [0, 0.05) is 27.6 Å². The summed E-state index contributed by atoms with van der Waals surface area (Å²) in [6.07, 6.45) is 0. The average molecular weight is 355 g/mol. The van der Waals surface area contributed by atoms with Crippen LogP contribution in [0.4, 0.5) is 0 Å². The van der Waals surface area contributed by atoms with Gasteiger partial charge in [0.25, 0.3) is 0 Å². The number of methoxy groups -OCH3 is 1. The molecule has 2 aromatic carbocycles. The summed E-state index contributed by atoms with van der Waals surface area (Å²) >= 11 is 9.53. The van der Waals surface area contributed by atoms with Crippen molar-refractivity contribution in [3.63, 3.8) is 0 Å². The van der Waals surface area contributed by atoms with Crippen molar-refractivity contribution in [3.05, 3.63) is 63.1 Å². The Kier molecular flexibility index (Phi) is 5.46. The van der Waals surface area contributed by atoms with E-state index >= 15 is 0 Å². The number of ether oxygens (including phenoxy) is 1. The van der Waals surface area contributed by atoms with Crippen LogP contribution in [0.2, 0.25) is 5.02 Å². The molecule has 1 atom stereocenters. The number of benzene rings is 2. The first-order valence-corrected chi connectivity index (χ1v) is 7.58. The molecule has 0 fully saturated rings. The molecule has 0 amide bonds. The maximum Gasteiger partial charge on any atom is 0.123 e. The van der Waals surface area contributed by atoms with Gasteiger partial charge in [0.2, 0.25) is 0 Å². The van der Waals surface area contributed by atoms with Crippen molar-refractivity contribution < 1.29 is 4.74 Å². The van der Waals surface area contributed by atoms with E-state index in [1.54, 1.807) is 7.11 Å². The molecular weight excluding hydrogens is 338 g/mol. The second-order valence-corrected chi connectivity index (χ2v) is 5.97. The Balaban J connectivity index is 2.06. The van der Waals surface area contributed by atoms with Gasteiger partial charge in [-0.05, 0) is 42.8 Å². The summed E-state index contributed by atoms with van der Waals surface area (Å²) in [5.41, 5.74) is 2.29. The van der Waals surface area contributed by atoms with Crippen molar-refractivity contribution in [2.45, 2.75) is 19.5 Å². The number of hydrogen-bond acceptors (Lipinski definition) is 2. The second-order valence-electron chi connectivity index (χ2n) is 4.61. The summed E-state index contributed by atoms with van der Waals surface area (Å²) in [6, 6.07) is 14.2. The van der Waals surface area contributed by atoms with E-state index in [4.69, 9.17) is 16.3 Å². The van der Waals surface area contributed by atoms with Gasteiger partial charge in [0.05, 0.1) is 7.11 Å². The molecule has 0 saturated heterocycles. The Morgan fingerprint density at radius 1 is 1.25 bits per heavy atom. The fourth-order valence-corrected chi connectivity index (χ4v) is 2.65. The monoisotopic (exact) mass is 353 g/mol. The van der Waals surface area contributed by atoms with Gasteiger partial charge in [-0.1, -0.05) is 39.7 Å². The van der Waals surface area contributed by atoms with Gasteiger partial charge in [-0.2, -0.15) is 0 Å². The average Bonchev–Trinajstić information content (AvgIpc) is 2.45. The lowest BCUT2D eigenvalue weighted by molar-refractivity contribution is 0.406. The van der Waals surface area contributed by atoms with Crippen LogP contribution < -0.4 is 10.1 Å². The highest BCUT2D eigenvalue weighted by molar-refractivity contribution is 9.10. The molecule has 0 aromatic heterocycles. The Morgan fingerprint density at radius 2 is 2.05 bits per heavy atom. The van der Waals surface area contributed by atoms with E-state index < -0.39 is 0 Å². The predicted octanol–water partition coefficient (Wildman–Crippen LogP) is 4.96. The van der Waals surface area contributed by atoms with Crippen molar-refractivity contribution in [1.29, 1.82) is 0 Å². The highest BCUT2D eigenvalue weighted by Gasteiger charge is 2.08. The molecule has 1 N–H and O–H groups in total. The van der Waals surface area contributed by atoms with Crippen molar-refractivity contribution in [3.8, 4) is 5.75 Å². The molecule has 2 nitrogen and oxygen atoms in total. The minimum atomic E-state index is 0.246. The third-order valence-corrected chi connectivity index (χ3v) is 3.92. The molecular formula is C16H17BrClNO. The summed E-state index contributed by atoms with van der Waals surface area (Å²) in [7, 11) is 1.67. The number of rotatable bonds is 5. The molecule has 0 aliphatic rings. The maximum absolute atomic E-state index is 6.04. The van der Waals surface area contributed by atoms with Crippen LogP contribution in [0.25, 0.3) is 0 Å². The second kappa shape index (κ2) is 7.11. The zero-order valence-electron chi connectivity index (χ0n) is 11.5. The van der Waals surface area contributed by atoms with E-state index in [0.717, 1.165) is 20.8 Å². The summed E-state index contributed by atoms with van der Waals surface area (Å²) in [6.45, 7) is 2.84. The normalized spacial score (nSPS) is 12.2. The van der Waals surface area contributed by atoms with Crippen LogP contribution in [0.3, 0.4) is 0 Å². The van der Waals surface area contributed by atoms with E-state index in [9.17, 15) is 0 Å². The van der Waals surface area contributed by atoms with E-state index in [-0.39, 0.29) is 6.04 Å². The molecule has 4 heteroatoms. The molecule has 0 bridgehead atoms. The lowest BCUT2D eigenvalue weighted by Gasteiger charge is -2.16. The SMILES string of the molecule is COc1ccc(Cl)cc1CNC(C)c1cccc(Br)c1. The smallest absolute Gasteiger partial charge is 0.123 e. The molecule has 106 valence electrons. The number of halogens is 2. The van der Waals surface area contributed by atoms with Crippen LogP contribution in [0.1, 0.15) is 24.1 Å². The standard InChI is InChI=1S/C16H17BrClNO/c1-11(12-4-3-5-14(17)8-12)19-10-13-9-15(18)6-7-16(13)20-2/h3-9,11,19H,10H2,1-2H3. The number of nitrogens with one attached hydrogen (secondary N) is 1. The van der Waals surface area contributed by atoms with Crippen LogP contribution in [-0.4, -0.2) is 7.11 Å². The fraction of sp³-hybridized carbons (Fsp3) is 0.250. The van der Waals surface area contributed by atoms with E-state index in [1.807, 2.05) is 30.3 Å². The molecule has 0 saturated carbocycles. The first-order valence-electron chi connectivity index (χ1n) is 6.41. The van der Waals surface area contributed by atoms with Crippen LogP contribution in [-0.2, 0) is 6.54 Å².